The van der Waals surface area contributed by atoms with Gasteiger partial charge in [0.1, 0.15) is 5.76 Å². The minimum absolute atomic E-state index is 0.644. The average Bonchev–Trinajstić information content (AvgIpc) is 2.98. The second-order valence-electron chi connectivity index (χ2n) is 4.33. The number of hydrogen-bond acceptors (Lipinski definition) is 3. The summed E-state index contributed by atoms with van der Waals surface area (Å²) < 4.78 is 5.41. The zero-order valence-corrected chi connectivity index (χ0v) is 10.2. The number of nitrogens with zero attached hydrogens (tertiary/aromatic N) is 1. The Morgan fingerprint density at radius 1 is 1.28 bits per heavy atom. The lowest BCUT2D eigenvalue weighted by Gasteiger charge is -2.04. The van der Waals surface area contributed by atoms with Crippen LogP contribution in [0.15, 0.2) is 41.1 Å². The van der Waals surface area contributed by atoms with Crippen LogP contribution < -0.4 is 5.32 Å². The van der Waals surface area contributed by atoms with Gasteiger partial charge in [-0.15, -0.1) is 0 Å². The first kappa shape index (κ1) is 11.0. The van der Waals surface area contributed by atoms with Crippen molar-refractivity contribution in [2.24, 2.45) is 0 Å². The van der Waals surface area contributed by atoms with E-state index in [9.17, 15) is 0 Å². The summed E-state index contributed by atoms with van der Waals surface area (Å²) in [6, 6.07) is 8.37. The van der Waals surface area contributed by atoms with Gasteiger partial charge < -0.3 is 14.7 Å². The van der Waals surface area contributed by atoms with Crippen LogP contribution in [0.1, 0.15) is 17.2 Å². The Kier molecular flexibility index (Phi) is 2.86. The van der Waals surface area contributed by atoms with Gasteiger partial charge in [0.2, 0.25) is 5.89 Å². The van der Waals surface area contributed by atoms with Crippen LogP contribution in [0.25, 0.3) is 10.9 Å². The van der Waals surface area contributed by atoms with Crippen molar-refractivity contribution < 1.29 is 4.42 Å². The molecule has 1 aromatic carbocycles. The van der Waals surface area contributed by atoms with Gasteiger partial charge in [-0.25, -0.2) is 4.98 Å². The summed E-state index contributed by atoms with van der Waals surface area (Å²) in [5.74, 6) is 1.57. The molecular formula is C14H15N3O. The molecule has 4 heteroatoms. The van der Waals surface area contributed by atoms with Crippen molar-refractivity contribution in [3.63, 3.8) is 0 Å². The van der Waals surface area contributed by atoms with Gasteiger partial charge in [-0.05, 0) is 23.9 Å². The highest BCUT2D eigenvalue weighted by atomic mass is 16.4. The van der Waals surface area contributed by atoms with Gasteiger partial charge in [0, 0.05) is 18.3 Å². The fourth-order valence-corrected chi connectivity index (χ4v) is 2.08. The fourth-order valence-electron chi connectivity index (χ4n) is 2.08. The van der Waals surface area contributed by atoms with Crippen LogP contribution in [-0.2, 0) is 13.1 Å². The van der Waals surface area contributed by atoms with Crippen LogP contribution in [0, 0.1) is 6.92 Å². The van der Waals surface area contributed by atoms with Gasteiger partial charge in [-0.2, -0.15) is 0 Å². The Hall–Kier alpha value is -2.07. The number of aromatic amines is 1. The number of para-hydroxylation sites is 1. The van der Waals surface area contributed by atoms with E-state index >= 15 is 0 Å². The van der Waals surface area contributed by atoms with E-state index in [2.05, 4.69) is 39.6 Å². The maximum atomic E-state index is 5.41. The molecule has 0 bridgehead atoms. The first-order valence-electron chi connectivity index (χ1n) is 6.00. The first-order valence-corrected chi connectivity index (χ1v) is 6.00. The van der Waals surface area contributed by atoms with Crippen molar-refractivity contribution in [2.75, 3.05) is 0 Å². The SMILES string of the molecule is Cc1cnc(CNCc2cccc3cc[nH]c23)o1. The number of oxazole rings is 1. The van der Waals surface area contributed by atoms with Crippen LogP contribution in [0.5, 0.6) is 0 Å². The number of aromatic nitrogens is 2. The summed E-state index contributed by atoms with van der Waals surface area (Å²) in [6.45, 7) is 3.33. The molecule has 0 amide bonds. The minimum Gasteiger partial charge on any atom is -0.445 e. The standard InChI is InChI=1S/C14H15N3O/c1-10-7-17-13(18-10)9-15-8-12-4-2-3-11-5-6-16-14(11)12/h2-7,15-16H,8-9H2,1H3. The lowest BCUT2D eigenvalue weighted by Crippen LogP contribution is -2.13. The van der Waals surface area contributed by atoms with Gasteiger partial charge >= 0.3 is 0 Å². The van der Waals surface area contributed by atoms with Gasteiger partial charge in [0.15, 0.2) is 0 Å². The summed E-state index contributed by atoms with van der Waals surface area (Å²) >= 11 is 0. The molecule has 2 N–H and O–H groups in total. The van der Waals surface area contributed by atoms with E-state index in [0.717, 1.165) is 18.2 Å². The molecule has 4 nitrogen and oxygen atoms in total. The van der Waals surface area contributed by atoms with Crippen LogP contribution >= 0.6 is 0 Å². The summed E-state index contributed by atoms with van der Waals surface area (Å²) in [5.41, 5.74) is 2.44. The van der Waals surface area contributed by atoms with Crippen molar-refractivity contribution in [3.8, 4) is 0 Å². The van der Waals surface area contributed by atoms with E-state index in [0.29, 0.717) is 6.54 Å². The number of H-pyrrole nitrogens is 1. The lowest BCUT2D eigenvalue weighted by atomic mass is 10.1. The maximum Gasteiger partial charge on any atom is 0.208 e. The van der Waals surface area contributed by atoms with Crippen LogP contribution in [0.3, 0.4) is 0 Å². The number of hydrogen-bond donors (Lipinski definition) is 2. The number of nitrogens with one attached hydrogen (secondary N) is 2. The number of aryl methyl sites for hydroxylation is 1. The zero-order chi connectivity index (χ0) is 12.4. The molecule has 18 heavy (non-hydrogen) atoms. The van der Waals surface area contributed by atoms with Crippen molar-refractivity contribution >= 4 is 10.9 Å². The molecular weight excluding hydrogens is 226 g/mol. The van der Waals surface area contributed by atoms with E-state index < -0.39 is 0 Å². The van der Waals surface area contributed by atoms with Crippen LogP contribution in [0.2, 0.25) is 0 Å². The molecule has 0 aliphatic carbocycles. The summed E-state index contributed by atoms with van der Waals surface area (Å²) in [5, 5.41) is 4.57. The summed E-state index contributed by atoms with van der Waals surface area (Å²) in [7, 11) is 0. The quantitative estimate of drug-likeness (QED) is 0.738. The maximum absolute atomic E-state index is 5.41. The third-order valence-corrected chi connectivity index (χ3v) is 2.93. The van der Waals surface area contributed by atoms with Crippen LogP contribution in [-0.4, -0.2) is 9.97 Å². The van der Waals surface area contributed by atoms with E-state index in [1.54, 1.807) is 6.20 Å². The predicted molar refractivity (Wildman–Crippen MR) is 70.1 cm³/mol. The minimum atomic E-state index is 0.644. The fraction of sp³-hybridized carbons (Fsp3) is 0.214. The molecule has 3 aromatic rings. The predicted octanol–water partition coefficient (Wildman–Crippen LogP) is 2.75. The summed E-state index contributed by atoms with van der Waals surface area (Å²) in [4.78, 5) is 7.42. The van der Waals surface area contributed by atoms with Gasteiger partial charge in [0.05, 0.1) is 12.7 Å². The molecule has 0 saturated carbocycles. The average molecular weight is 241 g/mol. The monoisotopic (exact) mass is 241 g/mol. The molecule has 3 rings (SSSR count). The highest BCUT2D eigenvalue weighted by Crippen LogP contribution is 2.16. The number of benzene rings is 1. The van der Waals surface area contributed by atoms with Gasteiger partial charge in [0.25, 0.3) is 0 Å². The van der Waals surface area contributed by atoms with E-state index in [-0.39, 0.29) is 0 Å². The summed E-state index contributed by atoms with van der Waals surface area (Å²) in [6.07, 6.45) is 3.70. The van der Waals surface area contributed by atoms with Crippen molar-refractivity contribution in [3.05, 3.63) is 53.9 Å². The Morgan fingerprint density at radius 3 is 3.06 bits per heavy atom. The van der Waals surface area contributed by atoms with Gasteiger partial charge in [-0.3, -0.25) is 0 Å². The zero-order valence-electron chi connectivity index (χ0n) is 10.2. The Bertz CT molecular complexity index is 654. The highest BCUT2D eigenvalue weighted by Gasteiger charge is 2.03. The number of fused-ring (bicyclic) bond motifs is 1. The molecule has 2 aromatic heterocycles. The van der Waals surface area contributed by atoms with Crippen molar-refractivity contribution in [1.82, 2.24) is 15.3 Å². The Balaban J connectivity index is 1.68. The molecule has 2 heterocycles. The second kappa shape index (κ2) is 4.66. The van der Waals surface area contributed by atoms with E-state index in [4.69, 9.17) is 4.42 Å². The molecule has 92 valence electrons. The molecule has 0 aliphatic heterocycles. The molecule has 0 spiro atoms. The third kappa shape index (κ3) is 2.15. The largest absolute Gasteiger partial charge is 0.445 e. The third-order valence-electron chi connectivity index (χ3n) is 2.93. The molecule has 0 unspecified atom stereocenters. The van der Waals surface area contributed by atoms with Crippen molar-refractivity contribution in [2.45, 2.75) is 20.0 Å². The molecule has 0 aliphatic rings. The van der Waals surface area contributed by atoms with E-state index in [1.165, 1.54) is 16.5 Å². The molecule has 0 atom stereocenters. The topological polar surface area (TPSA) is 53.9 Å². The first-order chi connectivity index (χ1) is 8.83. The van der Waals surface area contributed by atoms with Crippen LogP contribution in [0.4, 0.5) is 0 Å². The Morgan fingerprint density at radius 2 is 2.22 bits per heavy atom. The number of rotatable bonds is 4. The second-order valence-corrected chi connectivity index (χ2v) is 4.33. The van der Waals surface area contributed by atoms with Gasteiger partial charge in [-0.1, -0.05) is 18.2 Å². The molecule has 0 saturated heterocycles. The molecule has 0 radical (unpaired) electrons. The van der Waals surface area contributed by atoms with Crippen molar-refractivity contribution in [1.29, 1.82) is 0 Å². The highest BCUT2D eigenvalue weighted by molar-refractivity contribution is 5.82. The molecule has 0 fully saturated rings. The lowest BCUT2D eigenvalue weighted by molar-refractivity contribution is 0.449. The Labute approximate surface area is 105 Å². The van der Waals surface area contributed by atoms with E-state index in [1.807, 2.05) is 13.1 Å². The smallest absolute Gasteiger partial charge is 0.208 e. The normalized spacial score (nSPS) is 11.2.